The first kappa shape index (κ1) is 17.9. The first-order valence-electron chi connectivity index (χ1n) is 11.7. The average Bonchev–Trinajstić information content (AvgIpc) is 3.45. The fourth-order valence-corrected chi connectivity index (χ4v) is 5.90. The minimum atomic E-state index is 1.18. The number of para-hydroxylation sites is 2. The molecule has 0 fully saturated rings. The molecular formula is C32H20N2. The SMILES string of the molecule is c1ccc(-n2c3ccccc3c3c2ccc2c4ccccc4c4c5ccccc5cn4c23)cc1. The maximum Gasteiger partial charge on any atom is 0.0635 e. The maximum atomic E-state index is 2.44. The van der Waals surface area contributed by atoms with Crippen LogP contribution in [0.5, 0.6) is 0 Å². The van der Waals surface area contributed by atoms with E-state index in [1.54, 1.807) is 0 Å². The molecule has 0 saturated carbocycles. The van der Waals surface area contributed by atoms with Crippen molar-refractivity contribution in [1.82, 2.24) is 8.97 Å². The van der Waals surface area contributed by atoms with Crippen molar-refractivity contribution in [3.05, 3.63) is 121 Å². The van der Waals surface area contributed by atoms with Crippen LogP contribution in [-0.2, 0) is 0 Å². The first-order chi connectivity index (χ1) is 16.9. The number of hydrogen-bond donors (Lipinski definition) is 0. The van der Waals surface area contributed by atoms with Crippen molar-refractivity contribution < 1.29 is 0 Å². The summed E-state index contributed by atoms with van der Waals surface area (Å²) in [5, 5.41) is 9.02. The van der Waals surface area contributed by atoms with E-state index < -0.39 is 0 Å². The minimum absolute atomic E-state index is 1.18. The molecule has 0 aliphatic carbocycles. The lowest BCUT2D eigenvalue weighted by molar-refractivity contribution is 1.18. The summed E-state index contributed by atoms with van der Waals surface area (Å²) in [6.07, 6.45) is 2.31. The molecule has 0 saturated heterocycles. The van der Waals surface area contributed by atoms with E-state index in [0.717, 1.165) is 0 Å². The van der Waals surface area contributed by atoms with Crippen molar-refractivity contribution in [1.29, 1.82) is 0 Å². The van der Waals surface area contributed by atoms with Crippen molar-refractivity contribution in [2.24, 2.45) is 0 Å². The summed E-state index contributed by atoms with van der Waals surface area (Å²) in [6, 6.07) is 41.6. The predicted octanol–water partition coefficient (Wildman–Crippen LogP) is 8.50. The highest BCUT2D eigenvalue weighted by atomic mass is 15.0. The average molecular weight is 433 g/mol. The van der Waals surface area contributed by atoms with Crippen LogP contribution >= 0.6 is 0 Å². The molecule has 0 N–H and O–H groups in total. The lowest BCUT2D eigenvalue weighted by atomic mass is 10.0. The second kappa shape index (κ2) is 6.49. The highest BCUT2D eigenvalue weighted by Gasteiger charge is 2.19. The van der Waals surface area contributed by atoms with Gasteiger partial charge in [-0.2, -0.15) is 0 Å². The van der Waals surface area contributed by atoms with Gasteiger partial charge in [0.2, 0.25) is 0 Å². The van der Waals surface area contributed by atoms with Crippen molar-refractivity contribution >= 4 is 59.8 Å². The molecule has 0 unspecified atom stereocenters. The Morgan fingerprint density at radius 3 is 1.91 bits per heavy atom. The fraction of sp³-hybridized carbons (Fsp3) is 0. The quantitative estimate of drug-likeness (QED) is 0.230. The summed E-state index contributed by atoms with van der Waals surface area (Å²) in [4.78, 5) is 0. The second-order valence-corrected chi connectivity index (χ2v) is 9.02. The zero-order valence-corrected chi connectivity index (χ0v) is 18.4. The van der Waals surface area contributed by atoms with E-state index in [1.165, 1.54) is 65.5 Å². The van der Waals surface area contributed by atoms with Crippen LogP contribution in [0.2, 0.25) is 0 Å². The Morgan fingerprint density at radius 2 is 1.06 bits per heavy atom. The van der Waals surface area contributed by atoms with E-state index in [1.807, 2.05) is 0 Å². The molecule has 34 heavy (non-hydrogen) atoms. The molecule has 3 aromatic heterocycles. The van der Waals surface area contributed by atoms with E-state index >= 15 is 0 Å². The Balaban J connectivity index is 1.73. The molecule has 3 heterocycles. The molecule has 0 spiro atoms. The second-order valence-electron chi connectivity index (χ2n) is 9.02. The Hall–Kier alpha value is -4.56. The molecule has 2 heteroatoms. The minimum Gasteiger partial charge on any atom is -0.314 e. The largest absolute Gasteiger partial charge is 0.314 e. The van der Waals surface area contributed by atoms with Gasteiger partial charge in [-0.15, -0.1) is 0 Å². The third-order valence-corrected chi connectivity index (χ3v) is 7.26. The Bertz CT molecular complexity index is 2060. The van der Waals surface area contributed by atoms with Gasteiger partial charge in [0, 0.05) is 44.2 Å². The molecule has 8 aromatic rings. The molecule has 0 bridgehead atoms. The van der Waals surface area contributed by atoms with Crippen molar-refractivity contribution in [2.45, 2.75) is 0 Å². The van der Waals surface area contributed by atoms with Crippen LogP contribution in [0.4, 0.5) is 0 Å². The monoisotopic (exact) mass is 432 g/mol. The summed E-state index contributed by atoms with van der Waals surface area (Å²) >= 11 is 0. The van der Waals surface area contributed by atoms with Crippen molar-refractivity contribution in [3.63, 3.8) is 0 Å². The van der Waals surface area contributed by atoms with Gasteiger partial charge in [0.25, 0.3) is 0 Å². The van der Waals surface area contributed by atoms with Crippen LogP contribution in [-0.4, -0.2) is 8.97 Å². The molecule has 8 rings (SSSR count). The molecule has 0 radical (unpaired) electrons. The fourth-order valence-electron chi connectivity index (χ4n) is 5.90. The Morgan fingerprint density at radius 1 is 0.412 bits per heavy atom. The summed E-state index contributed by atoms with van der Waals surface area (Å²) < 4.78 is 4.83. The van der Waals surface area contributed by atoms with Gasteiger partial charge in [-0.25, -0.2) is 0 Å². The van der Waals surface area contributed by atoms with Crippen LogP contribution < -0.4 is 0 Å². The van der Waals surface area contributed by atoms with Gasteiger partial charge < -0.3 is 8.97 Å². The van der Waals surface area contributed by atoms with Crippen molar-refractivity contribution in [2.75, 3.05) is 0 Å². The predicted molar refractivity (Wildman–Crippen MR) is 144 cm³/mol. The number of pyridine rings is 1. The van der Waals surface area contributed by atoms with E-state index in [0.29, 0.717) is 0 Å². The molecule has 0 amide bonds. The smallest absolute Gasteiger partial charge is 0.0635 e. The molecule has 2 nitrogen and oxygen atoms in total. The van der Waals surface area contributed by atoms with Gasteiger partial charge in [-0.3, -0.25) is 0 Å². The third-order valence-electron chi connectivity index (χ3n) is 7.26. The number of fused-ring (bicyclic) bond motifs is 12. The van der Waals surface area contributed by atoms with Crippen LogP contribution in [0.15, 0.2) is 121 Å². The normalized spacial score (nSPS) is 12.1. The molecule has 0 aliphatic rings. The third kappa shape index (κ3) is 2.20. The lowest BCUT2D eigenvalue weighted by Crippen LogP contribution is -1.94. The highest BCUT2D eigenvalue weighted by Crippen LogP contribution is 2.41. The number of aromatic nitrogens is 2. The lowest BCUT2D eigenvalue weighted by Gasteiger charge is -2.12. The van der Waals surface area contributed by atoms with E-state index in [9.17, 15) is 0 Å². The molecule has 0 atom stereocenters. The standard InChI is InChI=1S/C32H20N2/c1-2-11-22(12-3-1)34-28-17-9-8-16-27(28)30-29(34)19-18-26-24-14-6-7-15-25(24)31-23-13-5-4-10-21(23)20-33(31)32(26)30/h1-20H. The zero-order valence-electron chi connectivity index (χ0n) is 18.4. The van der Waals surface area contributed by atoms with Gasteiger partial charge in [-0.05, 0) is 29.7 Å². The number of nitrogens with zero attached hydrogens (tertiary/aromatic N) is 2. The molecule has 0 aliphatic heterocycles. The van der Waals surface area contributed by atoms with Gasteiger partial charge in [0.05, 0.1) is 22.1 Å². The topological polar surface area (TPSA) is 9.34 Å². The van der Waals surface area contributed by atoms with Crippen molar-refractivity contribution in [3.8, 4) is 5.69 Å². The van der Waals surface area contributed by atoms with Crippen LogP contribution in [0.25, 0.3) is 65.5 Å². The van der Waals surface area contributed by atoms with Gasteiger partial charge in [0.1, 0.15) is 0 Å². The maximum absolute atomic E-state index is 2.44. The number of rotatable bonds is 1. The van der Waals surface area contributed by atoms with Gasteiger partial charge in [-0.1, -0.05) is 91.0 Å². The molecular weight excluding hydrogens is 412 g/mol. The molecule has 158 valence electrons. The molecule has 5 aromatic carbocycles. The van der Waals surface area contributed by atoms with Gasteiger partial charge >= 0.3 is 0 Å². The zero-order chi connectivity index (χ0) is 22.2. The Labute approximate surface area is 195 Å². The van der Waals surface area contributed by atoms with E-state index in [2.05, 4.69) is 130 Å². The summed E-state index contributed by atoms with van der Waals surface area (Å²) in [6.45, 7) is 0. The van der Waals surface area contributed by atoms with E-state index in [-0.39, 0.29) is 0 Å². The van der Waals surface area contributed by atoms with Crippen LogP contribution in [0, 0.1) is 0 Å². The van der Waals surface area contributed by atoms with Gasteiger partial charge in [0.15, 0.2) is 0 Å². The summed E-state index contributed by atoms with van der Waals surface area (Å²) in [7, 11) is 0. The van der Waals surface area contributed by atoms with Crippen LogP contribution in [0.3, 0.4) is 0 Å². The first-order valence-corrected chi connectivity index (χ1v) is 11.7. The number of hydrogen-bond acceptors (Lipinski definition) is 0. The summed E-state index contributed by atoms with van der Waals surface area (Å²) in [5.41, 5.74) is 6.20. The highest BCUT2D eigenvalue weighted by molar-refractivity contribution is 6.28. The summed E-state index contributed by atoms with van der Waals surface area (Å²) in [5.74, 6) is 0. The van der Waals surface area contributed by atoms with Crippen LogP contribution in [0.1, 0.15) is 0 Å². The number of benzene rings is 5. The van der Waals surface area contributed by atoms with E-state index in [4.69, 9.17) is 0 Å². The Kier molecular flexibility index (Phi) is 3.42.